The van der Waals surface area contributed by atoms with Gasteiger partial charge in [0.15, 0.2) is 0 Å². The SMILES string of the molecule is CCC(Nc1ccccc1S(N)(=O)=O)C(=O)O. The minimum atomic E-state index is -3.87. The van der Waals surface area contributed by atoms with Gasteiger partial charge in [0.05, 0.1) is 5.69 Å². The number of carbonyl (C=O) groups is 1. The highest BCUT2D eigenvalue weighted by Crippen LogP contribution is 2.20. The van der Waals surface area contributed by atoms with Crippen LogP contribution in [0.3, 0.4) is 0 Å². The van der Waals surface area contributed by atoms with E-state index in [1.165, 1.54) is 18.2 Å². The minimum absolute atomic E-state index is 0.111. The highest BCUT2D eigenvalue weighted by atomic mass is 32.2. The average molecular weight is 258 g/mol. The molecule has 0 radical (unpaired) electrons. The molecule has 1 atom stereocenters. The molecule has 0 bridgehead atoms. The second-order valence-corrected chi connectivity index (χ2v) is 5.01. The molecule has 0 amide bonds. The van der Waals surface area contributed by atoms with Gasteiger partial charge >= 0.3 is 5.97 Å². The lowest BCUT2D eigenvalue weighted by molar-refractivity contribution is -0.137. The Morgan fingerprint density at radius 2 is 2.06 bits per heavy atom. The quantitative estimate of drug-likeness (QED) is 0.716. The van der Waals surface area contributed by atoms with Gasteiger partial charge in [0.25, 0.3) is 0 Å². The molecule has 1 unspecified atom stereocenters. The van der Waals surface area contributed by atoms with Crippen LogP contribution in [-0.2, 0) is 14.8 Å². The molecule has 94 valence electrons. The normalized spacial score (nSPS) is 13.1. The maximum atomic E-state index is 11.3. The molecule has 0 fully saturated rings. The number of nitrogens with one attached hydrogen (secondary N) is 1. The van der Waals surface area contributed by atoms with E-state index in [-0.39, 0.29) is 10.6 Å². The molecule has 0 spiro atoms. The predicted octanol–water partition coefficient (Wildman–Crippen LogP) is 0.609. The number of aliphatic carboxylic acids is 1. The largest absolute Gasteiger partial charge is 0.480 e. The fourth-order valence-electron chi connectivity index (χ4n) is 1.36. The molecule has 0 aromatic heterocycles. The summed E-state index contributed by atoms with van der Waals surface area (Å²) >= 11 is 0. The molecule has 0 aliphatic carbocycles. The van der Waals surface area contributed by atoms with Crippen LogP contribution in [0.1, 0.15) is 13.3 Å². The molecule has 1 aromatic rings. The molecule has 0 aliphatic heterocycles. The number of sulfonamides is 1. The summed E-state index contributed by atoms with van der Waals surface area (Å²) in [4.78, 5) is 10.7. The standard InChI is InChI=1S/C10H14N2O4S/c1-2-7(10(13)14)12-8-5-3-4-6-9(8)17(11,15)16/h3-7,12H,2H2,1H3,(H,13,14)(H2,11,15,16). The van der Waals surface area contributed by atoms with Crippen molar-refractivity contribution in [3.63, 3.8) is 0 Å². The topological polar surface area (TPSA) is 109 Å². The minimum Gasteiger partial charge on any atom is -0.480 e. The first kappa shape index (κ1) is 13.5. The fourth-order valence-corrected chi connectivity index (χ4v) is 2.06. The molecule has 7 heteroatoms. The van der Waals surface area contributed by atoms with Crippen LogP contribution in [0.5, 0.6) is 0 Å². The summed E-state index contributed by atoms with van der Waals surface area (Å²) in [7, 11) is -3.87. The average Bonchev–Trinajstić information content (AvgIpc) is 2.24. The molecule has 1 aromatic carbocycles. The van der Waals surface area contributed by atoms with Crippen LogP contribution in [0, 0.1) is 0 Å². The van der Waals surface area contributed by atoms with Gasteiger partial charge in [0, 0.05) is 0 Å². The number of anilines is 1. The van der Waals surface area contributed by atoms with Crippen LogP contribution >= 0.6 is 0 Å². The Kier molecular flexibility index (Phi) is 4.08. The van der Waals surface area contributed by atoms with E-state index in [0.29, 0.717) is 6.42 Å². The zero-order valence-corrected chi connectivity index (χ0v) is 10.1. The lowest BCUT2D eigenvalue weighted by Gasteiger charge is -2.15. The van der Waals surface area contributed by atoms with Crippen molar-refractivity contribution in [3.05, 3.63) is 24.3 Å². The van der Waals surface area contributed by atoms with E-state index in [1.807, 2.05) is 0 Å². The summed E-state index contributed by atoms with van der Waals surface area (Å²) in [5, 5.41) is 16.6. The Morgan fingerprint density at radius 1 is 1.47 bits per heavy atom. The zero-order valence-electron chi connectivity index (χ0n) is 9.25. The Labute approximate surface area is 99.5 Å². The van der Waals surface area contributed by atoms with Crippen LogP contribution in [0.25, 0.3) is 0 Å². The molecule has 0 saturated carbocycles. The number of rotatable bonds is 5. The highest BCUT2D eigenvalue weighted by molar-refractivity contribution is 7.89. The molecule has 0 saturated heterocycles. The van der Waals surface area contributed by atoms with E-state index in [4.69, 9.17) is 10.2 Å². The Morgan fingerprint density at radius 3 is 2.53 bits per heavy atom. The van der Waals surface area contributed by atoms with Crippen LogP contribution in [0.2, 0.25) is 0 Å². The number of hydrogen-bond acceptors (Lipinski definition) is 4. The van der Waals surface area contributed by atoms with Gasteiger partial charge in [-0.3, -0.25) is 0 Å². The Balaban J connectivity index is 3.11. The summed E-state index contributed by atoms with van der Waals surface area (Å²) in [5.41, 5.74) is 0.198. The van der Waals surface area contributed by atoms with E-state index in [9.17, 15) is 13.2 Å². The lowest BCUT2D eigenvalue weighted by Crippen LogP contribution is -2.29. The summed E-state index contributed by atoms with van der Waals surface area (Å²) in [6, 6.07) is 5.08. The van der Waals surface area contributed by atoms with E-state index in [2.05, 4.69) is 5.32 Å². The highest BCUT2D eigenvalue weighted by Gasteiger charge is 2.19. The van der Waals surface area contributed by atoms with E-state index < -0.39 is 22.0 Å². The Hall–Kier alpha value is -1.60. The number of carboxylic acids is 1. The van der Waals surface area contributed by atoms with Gasteiger partial charge in [-0.15, -0.1) is 0 Å². The van der Waals surface area contributed by atoms with Crippen LogP contribution in [0.4, 0.5) is 5.69 Å². The summed E-state index contributed by atoms with van der Waals surface area (Å²) in [5.74, 6) is -1.04. The third-order valence-corrected chi connectivity index (χ3v) is 3.20. The van der Waals surface area contributed by atoms with Gasteiger partial charge in [-0.05, 0) is 18.6 Å². The number of primary sulfonamides is 1. The number of benzene rings is 1. The monoisotopic (exact) mass is 258 g/mol. The molecule has 1 rings (SSSR count). The first-order valence-corrected chi connectivity index (χ1v) is 6.52. The van der Waals surface area contributed by atoms with Gasteiger partial charge in [0.1, 0.15) is 10.9 Å². The van der Waals surface area contributed by atoms with Crippen molar-refractivity contribution in [1.29, 1.82) is 0 Å². The van der Waals surface area contributed by atoms with Crippen LogP contribution in [0.15, 0.2) is 29.2 Å². The Bertz CT molecular complexity index is 513. The van der Waals surface area contributed by atoms with Crippen molar-refractivity contribution in [1.82, 2.24) is 0 Å². The number of nitrogens with two attached hydrogens (primary N) is 1. The third-order valence-electron chi connectivity index (χ3n) is 2.23. The van der Waals surface area contributed by atoms with Gasteiger partial charge in [-0.1, -0.05) is 19.1 Å². The first-order valence-electron chi connectivity index (χ1n) is 4.97. The number of carboxylic acid groups (broad SMARTS) is 1. The van der Waals surface area contributed by atoms with Crippen molar-refractivity contribution in [2.45, 2.75) is 24.3 Å². The van der Waals surface area contributed by atoms with Gasteiger partial charge in [0.2, 0.25) is 10.0 Å². The van der Waals surface area contributed by atoms with Crippen molar-refractivity contribution < 1.29 is 18.3 Å². The van der Waals surface area contributed by atoms with Gasteiger partial charge in [-0.2, -0.15) is 0 Å². The summed E-state index contributed by atoms with van der Waals surface area (Å²) in [6.45, 7) is 1.69. The van der Waals surface area contributed by atoms with Gasteiger partial charge < -0.3 is 10.4 Å². The summed E-state index contributed by atoms with van der Waals surface area (Å²) < 4.78 is 22.6. The van der Waals surface area contributed by atoms with Crippen molar-refractivity contribution in [2.24, 2.45) is 5.14 Å². The van der Waals surface area contributed by atoms with E-state index >= 15 is 0 Å². The molecule has 17 heavy (non-hydrogen) atoms. The third kappa shape index (κ3) is 3.43. The molecular formula is C10H14N2O4S. The van der Waals surface area contributed by atoms with E-state index in [0.717, 1.165) is 0 Å². The van der Waals surface area contributed by atoms with Crippen LogP contribution < -0.4 is 10.5 Å². The lowest BCUT2D eigenvalue weighted by atomic mass is 10.2. The molecule has 6 nitrogen and oxygen atoms in total. The molecular weight excluding hydrogens is 244 g/mol. The number of para-hydroxylation sites is 1. The number of hydrogen-bond donors (Lipinski definition) is 3. The maximum Gasteiger partial charge on any atom is 0.326 e. The molecule has 4 N–H and O–H groups in total. The van der Waals surface area contributed by atoms with Gasteiger partial charge in [-0.25, -0.2) is 18.4 Å². The first-order chi connectivity index (χ1) is 7.86. The molecule has 0 aliphatic rings. The smallest absolute Gasteiger partial charge is 0.326 e. The van der Waals surface area contributed by atoms with E-state index in [1.54, 1.807) is 13.0 Å². The van der Waals surface area contributed by atoms with Crippen molar-refractivity contribution in [3.8, 4) is 0 Å². The van der Waals surface area contributed by atoms with Crippen LogP contribution in [-0.4, -0.2) is 25.5 Å². The second-order valence-electron chi connectivity index (χ2n) is 3.48. The predicted molar refractivity (Wildman–Crippen MR) is 63.2 cm³/mol. The summed E-state index contributed by atoms with van der Waals surface area (Å²) in [6.07, 6.45) is 0.328. The maximum absolute atomic E-state index is 11.3. The fraction of sp³-hybridized carbons (Fsp3) is 0.300. The molecule has 0 heterocycles. The van der Waals surface area contributed by atoms with Crippen molar-refractivity contribution in [2.75, 3.05) is 5.32 Å². The van der Waals surface area contributed by atoms with Crippen molar-refractivity contribution >= 4 is 21.7 Å². The zero-order chi connectivity index (χ0) is 13.1. The second kappa shape index (κ2) is 5.15.